The maximum atomic E-state index is 11.6. The number of amides is 1. The molecule has 210 valence electrons. The molecule has 1 amide bonds. The molecule has 40 heavy (non-hydrogen) atoms. The summed E-state index contributed by atoms with van der Waals surface area (Å²) in [5, 5.41) is 3.96. The number of hydrogen-bond acceptors (Lipinski definition) is 6. The molecule has 3 aromatic rings. The lowest BCUT2D eigenvalue weighted by molar-refractivity contribution is -0.121. The number of benzene rings is 3. The van der Waals surface area contributed by atoms with Crippen LogP contribution in [0, 0.1) is 6.92 Å². The number of likely N-dealkylation sites (N-methyl/N-ethyl adjacent to an activating group) is 1. The van der Waals surface area contributed by atoms with Gasteiger partial charge in [-0.25, -0.2) is 4.99 Å². The van der Waals surface area contributed by atoms with Crippen LogP contribution in [0.15, 0.2) is 71.7 Å². The Morgan fingerprint density at radius 2 is 1.75 bits per heavy atom. The summed E-state index contributed by atoms with van der Waals surface area (Å²) in [4.78, 5) is 18.6. The third kappa shape index (κ3) is 8.94. The Labute approximate surface area is 244 Å². The van der Waals surface area contributed by atoms with E-state index in [1.165, 1.54) is 5.56 Å². The van der Waals surface area contributed by atoms with Gasteiger partial charge in [-0.1, -0.05) is 47.7 Å². The Balaban J connectivity index is 1.20. The fourth-order valence-electron chi connectivity index (χ4n) is 4.43. The highest BCUT2D eigenvalue weighted by Gasteiger charge is 2.15. The zero-order valence-corrected chi connectivity index (χ0v) is 25.4. The highest BCUT2D eigenvalue weighted by Crippen LogP contribution is 2.33. The van der Waals surface area contributed by atoms with E-state index in [1.807, 2.05) is 12.1 Å². The smallest absolute Gasteiger partial charge is 0.234 e. The van der Waals surface area contributed by atoms with E-state index in [2.05, 4.69) is 84.6 Å². The van der Waals surface area contributed by atoms with Gasteiger partial charge in [0.1, 0.15) is 18.0 Å². The van der Waals surface area contributed by atoms with Gasteiger partial charge in [0.2, 0.25) is 21.1 Å². The number of fused-ring (bicyclic) bond motifs is 1. The van der Waals surface area contributed by atoms with Crippen LogP contribution in [-0.4, -0.2) is 80.0 Å². The summed E-state index contributed by atoms with van der Waals surface area (Å²) < 4.78 is 17.2. The molecular weight excluding hydrogens is 517 g/mol. The van der Waals surface area contributed by atoms with Gasteiger partial charge >= 0.3 is 0 Å². The van der Waals surface area contributed by atoms with Crippen molar-refractivity contribution in [1.82, 2.24) is 5.32 Å². The predicted molar refractivity (Wildman–Crippen MR) is 165 cm³/mol. The quantitative estimate of drug-likeness (QED) is 0.209. The largest absolute Gasteiger partial charge is 0.485 e. The molecule has 3 aromatic carbocycles. The first-order valence-corrected chi connectivity index (χ1v) is 16.6. The van der Waals surface area contributed by atoms with Gasteiger partial charge < -0.3 is 24.4 Å². The summed E-state index contributed by atoms with van der Waals surface area (Å²) in [5.74, 6) is 3.19. The van der Waals surface area contributed by atoms with Gasteiger partial charge in [-0.15, -0.1) is 5.79 Å². The molecule has 0 bridgehead atoms. The molecule has 0 radical (unpaired) electrons. The van der Waals surface area contributed by atoms with Crippen LogP contribution in [0.4, 0.5) is 11.4 Å². The molecule has 4 rings (SSSR count). The third-order valence-electron chi connectivity index (χ3n) is 6.84. The summed E-state index contributed by atoms with van der Waals surface area (Å²) in [6, 6.07) is 23.2. The van der Waals surface area contributed by atoms with Crippen molar-refractivity contribution in [2.24, 2.45) is 4.99 Å². The van der Waals surface area contributed by atoms with E-state index in [0.29, 0.717) is 46.0 Å². The molecule has 0 atom stereocenters. The first-order valence-electron chi connectivity index (χ1n) is 14.2. The van der Waals surface area contributed by atoms with Crippen molar-refractivity contribution >= 4 is 38.2 Å². The molecule has 1 aliphatic rings. The van der Waals surface area contributed by atoms with Gasteiger partial charge in [-0.05, 0) is 53.4 Å². The number of rotatable bonds is 15. The Morgan fingerprint density at radius 3 is 2.55 bits per heavy atom. The molecule has 0 aliphatic carbocycles. The molecule has 8 heteroatoms. The van der Waals surface area contributed by atoms with Crippen LogP contribution in [0.3, 0.4) is 0 Å². The molecular formula is C32H40AlN3O4. The van der Waals surface area contributed by atoms with Gasteiger partial charge in [0.15, 0.2) is 0 Å². The van der Waals surface area contributed by atoms with Crippen molar-refractivity contribution in [2.45, 2.75) is 24.4 Å². The second-order valence-corrected chi connectivity index (χ2v) is 11.8. The Kier molecular flexibility index (Phi) is 11.6. The molecule has 0 fully saturated rings. The van der Waals surface area contributed by atoms with E-state index in [9.17, 15) is 4.79 Å². The van der Waals surface area contributed by atoms with Crippen LogP contribution in [0.25, 0.3) is 11.1 Å². The van der Waals surface area contributed by atoms with Crippen molar-refractivity contribution in [3.05, 3.63) is 77.9 Å². The molecule has 0 spiro atoms. The summed E-state index contributed by atoms with van der Waals surface area (Å²) in [5.41, 5.74) is 7.54. The second kappa shape index (κ2) is 15.6. The van der Waals surface area contributed by atoms with Gasteiger partial charge in [-0.2, -0.15) is 0 Å². The van der Waals surface area contributed by atoms with Gasteiger partial charge in [0.25, 0.3) is 0 Å². The molecule has 1 N–H and O–H groups in total. The van der Waals surface area contributed by atoms with Gasteiger partial charge in [0.05, 0.1) is 32.1 Å². The lowest BCUT2D eigenvalue weighted by Gasteiger charge is -2.20. The summed E-state index contributed by atoms with van der Waals surface area (Å²) in [6.45, 7) is 6.07. The zero-order valence-electron chi connectivity index (χ0n) is 23.9. The first kappa shape index (κ1) is 29.8. The summed E-state index contributed by atoms with van der Waals surface area (Å²) in [7, 11) is 2.08. The molecule has 7 nitrogen and oxygen atoms in total. The lowest BCUT2D eigenvalue weighted by atomic mass is 10.0. The maximum absolute atomic E-state index is 11.6. The van der Waals surface area contributed by atoms with Gasteiger partial charge in [0, 0.05) is 32.2 Å². The normalized spacial score (nSPS) is 12.2. The van der Waals surface area contributed by atoms with E-state index < -0.39 is 0 Å². The van der Waals surface area contributed by atoms with Crippen molar-refractivity contribution in [1.29, 1.82) is 0 Å². The fraction of sp³-hybridized carbons (Fsp3) is 0.375. The minimum atomic E-state index is -0.0434. The molecule has 1 aliphatic heterocycles. The van der Waals surface area contributed by atoms with E-state index in [4.69, 9.17) is 19.2 Å². The monoisotopic (exact) mass is 557 g/mol. The van der Waals surface area contributed by atoms with Crippen LogP contribution in [0.1, 0.15) is 17.5 Å². The number of anilines is 1. The molecule has 0 aromatic heterocycles. The van der Waals surface area contributed by atoms with Crippen LogP contribution in [0.5, 0.6) is 5.75 Å². The number of hydrogen-bond donors (Lipinski definition) is 1. The first-order chi connectivity index (χ1) is 19.5. The summed E-state index contributed by atoms with van der Waals surface area (Å²) in [6.07, 6.45) is 0.649. The van der Waals surface area contributed by atoms with E-state index >= 15 is 0 Å². The van der Waals surface area contributed by atoms with E-state index in [0.717, 1.165) is 51.4 Å². The zero-order chi connectivity index (χ0) is 28.2. The van der Waals surface area contributed by atoms with Crippen LogP contribution in [-0.2, 0) is 14.3 Å². The lowest BCUT2D eigenvalue weighted by Crippen LogP contribution is -2.27. The van der Waals surface area contributed by atoms with Crippen molar-refractivity contribution in [2.75, 3.05) is 58.1 Å². The topological polar surface area (TPSA) is 72.4 Å². The number of aryl methyl sites for hydroxylation is 1. The third-order valence-corrected chi connectivity index (χ3v) is 7.90. The van der Waals surface area contributed by atoms with Crippen LogP contribution >= 0.6 is 0 Å². The Morgan fingerprint density at radius 1 is 0.975 bits per heavy atom. The number of nitrogens with zero attached hydrogens (tertiary/aromatic N) is 2. The van der Waals surface area contributed by atoms with Crippen molar-refractivity contribution in [3.8, 4) is 16.9 Å². The molecule has 0 saturated carbocycles. The number of ether oxygens (including phenoxy) is 3. The Hall–Kier alpha value is -3.15. The number of aliphatic imine (C=N–C) groups is 1. The SMILES string of the molecule is [CH3][AlH][CH2]CC(=O)NCCOCCOCCN(C)c1cccc(-c2ccc(C3=Nc4cc(C)ccc4OC3)cc2)c1. The number of nitrogens with one attached hydrogen (secondary N) is 1. The van der Waals surface area contributed by atoms with Crippen LogP contribution in [0.2, 0.25) is 11.1 Å². The minimum Gasteiger partial charge on any atom is -0.485 e. The molecule has 0 unspecified atom stereocenters. The number of carbonyl (C=O) groups excluding carboxylic acids is 1. The van der Waals surface area contributed by atoms with Gasteiger partial charge in [-0.3, -0.25) is 4.79 Å². The molecule has 0 saturated heterocycles. The summed E-state index contributed by atoms with van der Waals surface area (Å²) >= 11 is -0.0434. The average Bonchev–Trinajstić information content (AvgIpc) is 2.98. The van der Waals surface area contributed by atoms with E-state index in [-0.39, 0.29) is 21.1 Å². The molecule has 1 heterocycles. The minimum absolute atomic E-state index is 0.0434. The Bertz CT molecular complexity index is 1280. The predicted octanol–water partition coefficient (Wildman–Crippen LogP) is 5.05. The second-order valence-electron chi connectivity index (χ2n) is 10.0. The highest BCUT2D eigenvalue weighted by molar-refractivity contribution is 6.33. The fourth-order valence-corrected chi connectivity index (χ4v) is 5.10. The maximum Gasteiger partial charge on any atom is 0.234 e. The van der Waals surface area contributed by atoms with Crippen LogP contribution < -0.4 is 15.0 Å². The van der Waals surface area contributed by atoms with E-state index in [1.54, 1.807) is 0 Å². The highest BCUT2D eigenvalue weighted by atomic mass is 27.1. The number of carbonyl (C=O) groups is 1. The van der Waals surface area contributed by atoms with Crippen molar-refractivity contribution < 1.29 is 19.0 Å². The standard InChI is InChI=1S/C31H36N3O4.CH3.Al.H/c1-4-31(35)32-14-16-36-18-19-37-17-15-34(3)27-7-5-6-26(21-27)24-9-11-25(12-10-24)29-22-38-30-13-8-23(2)20-28(30)33-29;;;/h5-13,20-21H,1,4,14-19,22H2,2-3H3,(H,32,35);1H3;;. The average molecular weight is 558 g/mol. The van der Waals surface area contributed by atoms with Crippen molar-refractivity contribution in [3.63, 3.8) is 0 Å².